The molecular formula is C16H18ClN3O2. The van der Waals surface area contributed by atoms with E-state index in [9.17, 15) is 4.79 Å². The summed E-state index contributed by atoms with van der Waals surface area (Å²) in [6.07, 6.45) is 1.65. The van der Waals surface area contributed by atoms with Gasteiger partial charge in [0.15, 0.2) is 5.89 Å². The molecule has 0 unspecified atom stereocenters. The van der Waals surface area contributed by atoms with Crippen molar-refractivity contribution in [2.24, 2.45) is 0 Å². The maximum Gasteiger partial charge on any atom is 0.241 e. The van der Waals surface area contributed by atoms with Gasteiger partial charge in [-0.2, -0.15) is 0 Å². The molecule has 0 radical (unpaired) electrons. The Hall–Kier alpha value is -1.85. The monoisotopic (exact) mass is 319 g/mol. The van der Waals surface area contributed by atoms with Crippen LogP contribution in [0, 0.1) is 6.92 Å². The molecule has 1 aliphatic heterocycles. The van der Waals surface area contributed by atoms with Crippen LogP contribution in [-0.4, -0.2) is 34.9 Å². The Kier molecular flexibility index (Phi) is 4.18. The van der Waals surface area contributed by atoms with E-state index < -0.39 is 0 Å². The molecule has 0 spiro atoms. The number of aromatic nitrogens is 1. The van der Waals surface area contributed by atoms with E-state index in [0.717, 1.165) is 11.4 Å². The molecule has 0 saturated carbocycles. The van der Waals surface area contributed by atoms with Crippen molar-refractivity contribution >= 4 is 23.2 Å². The standard InChI is InChI=1S/C16H18ClN3O2/c1-11-7-20(15-5-3-4-13(17)6-15)16(21)9-19(11)8-14-10-22-12(2)18-14/h3-6,10-11H,7-9H2,1-2H3/t11-/m0/s1. The number of carbonyl (C=O) groups is 1. The Labute approximate surface area is 134 Å². The average molecular weight is 320 g/mol. The number of rotatable bonds is 3. The normalized spacial score (nSPS) is 19.7. The van der Waals surface area contributed by atoms with Crippen molar-refractivity contribution in [3.8, 4) is 0 Å². The van der Waals surface area contributed by atoms with Gasteiger partial charge in [0.2, 0.25) is 5.91 Å². The van der Waals surface area contributed by atoms with Gasteiger partial charge in [0.1, 0.15) is 6.26 Å². The van der Waals surface area contributed by atoms with Crippen LogP contribution in [0.25, 0.3) is 0 Å². The molecule has 22 heavy (non-hydrogen) atoms. The summed E-state index contributed by atoms with van der Waals surface area (Å²) in [6, 6.07) is 7.63. The lowest BCUT2D eigenvalue weighted by Gasteiger charge is -2.39. The van der Waals surface area contributed by atoms with Gasteiger partial charge in [0, 0.05) is 36.8 Å². The fourth-order valence-corrected chi connectivity index (χ4v) is 2.88. The molecule has 5 nitrogen and oxygen atoms in total. The van der Waals surface area contributed by atoms with Crippen molar-refractivity contribution in [2.45, 2.75) is 26.4 Å². The van der Waals surface area contributed by atoms with E-state index in [-0.39, 0.29) is 11.9 Å². The van der Waals surface area contributed by atoms with Gasteiger partial charge in [-0.3, -0.25) is 9.69 Å². The number of anilines is 1. The minimum Gasteiger partial charge on any atom is -0.449 e. The lowest BCUT2D eigenvalue weighted by Crippen LogP contribution is -2.54. The lowest BCUT2D eigenvalue weighted by molar-refractivity contribution is -0.122. The van der Waals surface area contributed by atoms with Crippen molar-refractivity contribution in [1.29, 1.82) is 0 Å². The molecule has 1 amide bonds. The van der Waals surface area contributed by atoms with Gasteiger partial charge in [0.25, 0.3) is 0 Å². The summed E-state index contributed by atoms with van der Waals surface area (Å²) in [5.41, 5.74) is 1.70. The van der Waals surface area contributed by atoms with E-state index in [1.54, 1.807) is 11.2 Å². The van der Waals surface area contributed by atoms with E-state index in [4.69, 9.17) is 16.0 Å². The molecule has 2 heterocycles. The topological polar surface area (TPSA) is 49.6 Å². The van der Waals surface area contributed by atoms with Crippen molar-refractivity contribution in [3.05, 3.63) is 47.1 Å². The Morgan fingerprint density at radius 3 is 2.95 bits per heavy atom. The highest BCUT2D eigenvalue weighted by Crippen LogP contribution is 2.24. The molecule has 0 N–H and O–H groups in total. The van der Waals surface area contributed by atoms with Crippen LogP contribution < -0.4 is 4.90 Å². The summed E-state index contributed by atoms with van der Waals surface area (Å²) < 4.78 is 5.22. The number of amides is 1. The first-order valence-corrected chi connectivity index (χ1v) is 7.61. The van der Waals surface area contributed by atoms with Crippen LogP contribution in [0.5, 0.6) is 0 Å². The maximum atomic E-state index is 12.5. The highest BCUT2D eigenvalue weighted by Gasteiger charge is 2.30. The van der Waals surface area contributed by atoms with Gasteiger partial charge in [-0.15, -0.1) is 0 Å². The van der Waals surface area contributed by atoms with Crippen LogP contribution in [0.1, 0.15) is 18.5 Å². The molecular weight excluding hydrogens is 302 g/mol. The third kappa shape index (κ3) is 3.15. The molecule has 0 aliphatic carbocycles. The first-order valence-electron chi connectivity index (χ1n) is 7.24. The molecule has 6 heteroatoms. The molecule has 0 bridgehead atoms. The van der Waals surface area contributed by atoms with Gasteiger partial charge >= 0.3 is 0 Å². The maximum absolute atomic E-state index is 12.5. The van der Waals surface area contributed by atoms with Crippen LogP contribution >= 0.6 is 11.6 Å². The molecule has 1 aromatic heterocycles. The Morgan fingerprint density at radius 1 is 1.45 bits per heavy atom. The van der Waals surface area contributed by atoms with Gasteiger partial charge < -0.3 is 9.32 Å². The van der Waals surface area contributed by atoms with Gasteiger partial charge in [-0.25, -0.2) is 4.98 Å². The van der Waals surface area contributed by atoms with Crippen molar-refractivity contribution in [2.75, 3.05) is 18.0 Å². The van der Waals surface area contributed by atoms with Crippen LogP contribution in [0.4, 0.5) is 5.69 Å². The predicted molar refractivity (Wildman–Crippen MR) is 84.9 cm³/mol. The minimum absolute atomic E-state index is 0.0700. The van der Waals surface area contributed by atoms with E-state index in [2.05, 4.69) is 16.8 Å². The summed E-state index contributed by atoms with van der Waals surface area (Å²) in [7, 11) is 0. The Balaban J connectivity index is 1.72. The molecule has 1 atom stereocenters. The van der Waals surface area contributed by atoms with E-state index in [0.29, 0.717) is 30.5 Å². The number of oxazole rings is 1. The number of piperazine rings is 1. The Bertz CT molecular complexity index is 686. The third-order valence-electron chi connectivity index (χ3n) is 3.86. The zero-order chi connectivity index (χ0) is 15.7. The van der Waals surface area contributed by atoms with Crippen molar-refractivity contribution in [1.82, 2.24) is 9.88 Å². The molecule has 1 fully saturated rings. The summed E-state index contributed by atoms with van der Waals surface area (Å²) in [5.74, 6) is 0.715. The highest BCUT2D eigenvalue weighted by atomic mass is 35.5. The molecule has 1 aliphatic rings. The summed E-state index contributed by atoms with van der Waals surface area (Å²) in [5, 5.41) is 0.637. The SMILES string of the molecule is Cc1nc(CN2CC(=O)N(c3cccc(Cl)c3)C[C@@H]2C)co1. The summed E-state index contributed by atoms with van der Waals surface area (Å²) in [4.78, 5) is 20.7. The van der Waals surface area contributed by atoms with Gasteiger partial charge in [0.05, 0.1) is 12.2 Å². The van der Waals surface area contributed by atoms with E-state index >= 15 is 0 Å². The van der Waals surface area contributed by atoms with Crippen LogP contribution in [0.2, 0.25) is 5.02 Å². The predicted octanol–water partition coefficient (Wildman–Crippen LogP) is 2.87. The summed E-state index contributed by atoms with van der Waals surface area (Å²) >= 11 is 6.02. The number of halogens is 1. The van der Waals surface area contributed by atoms with Crippen LogP contribution in [0.3, 0.4) is 0 Å². The average Bonchev–Trinajstić information content (AvgIpc) is 2.88. The fraction of sp³-hybridized carbons (Fsp3) is 0.375. The molecule has 1 saturated heterocycles. The number of benzene rings is 1. The number of nitrogens with zero attached hydrogens (tertiary/aromatic N) is 3. The second kappa shape index (κ2) is 6.10. The van der Waals surface area contributed by atoms with Crippen molar-refractivity contribution in [3.63, 3.8) is 0 Å². The fourth-order valence-electron chi connectivity index (χ4n) is 2.69. The summed E-state index contributed by atoms with van der Waals surface area (Å²) in [6.45, 7) is 5.54. The molecule has 116 valence electrons. The lowest BCUT2D eigenvalue weighted by atomic mass is 10.1. The van der Waals surface area contributed by atoms with E-state index in [1.807, 2.05) is 31.2 Å². The first-order chi connectivity index (χ1) is 10.5. The molecule has 3 rings (SSSR count). The zero-order valence-electron chi connectivity index (χ0n) is 12.6. The van der Waals surface area contributed by atoms with Crippen LogP contribution in [-0.2, 0) is 11.3 Å². The third-order valence-corrected chi connectivity index (χ3v) is 4.10. The van der Waals surface area contributed by atoms with E-state index in [1.165, 1.54) is 0 Å². The van der Waals surface area contributed by atoms with Gasteiger partial charge in [-0.1, -0.05) is 17.7 Å². The highest BCUT2D eigenvalue weighted by molar-refractivity contribution is 6.30. The second-order valence-corrected chi connectivity index (χ2v) is 6.03. The van der Waals surface area contributed by atoms with Crippen molar-refractivity contribution < 1.29 is 9.21 Å². The zero-order valence-corrected chi connectivity index (χ0v) is 13.4. The quantitative estimate of drug-likeness (QED) is 0.873. The largest absolute Gasteiger partial charge is 0.449 e. The number of carbonyl (C=O) groups excluding carboxylic acids is 1. The molecule has 2 aromatic rings. The second-order valence-electron chi connectivity index (χ2n) is 5.60. The van der Waals surface area contributed by atoms with Crippen LogP contribution in [0.15, 0.2) is 34.9 Å². The number of hydrogen-bond donors (Lipinski definition) is 0. The number of aryl methyl sites for hydroxylation is 1. The smallest absolute Gasteiger partial charge is 0.241 e. The first kappa shape index (κ1) is 15.1. The number of hydrogen-bond acceptors (Lipinski definition) is 4. The molecule has 1 aromatic carbocycles. The van der Waals surface area contributed by atoms with Gasteiger partial charge in [-0.05, 0) is 25.1 Å². The Morgan fingerprint density at radius 2 is 2.27 bits per heavy atom. The minimum atomic E-state index is 0.0700.